The van der Waals surface area contributed by atoms with E-state index in [9.17, 15) is 9.18 Å². The highest BCUT2D eigenvalue weighted by molar-refractivity contribution is 6.30. The van der Waals surface area contributed by atoms with Gasteiger partial charge in [0.05, 0.1) is 0 Å². The van der Waals surface area contributed by atoms with E-state index in [2.05, 4.69) is 5.32 Å². The molecule has 2 saturated heterocycles. The Hall–Kier alpha value is -1.82. The number of halogens is 3. The van der Waals surface area contributed by atoms with E-state index in [1.165, 1.54) is 25.0 Å². The summed E-state index contributed by atoms with van der Waals surface area (Å²) in [6.07, 6.45) is 4.26. The minimum absolute atomic E-state index is 0. The lowest BCUT2D eigenvalue weighted by molar-refractivity contribution is 0.0681. The molecule has 0 aromatic heterocycles. The molecule has 7 heteroatoms. The van der Waals surface area contributed by atoms with Crippen molar-refractivity contribution in [3.05, 3.63) is 58.9 Å². The first-order valence-electron chi connectivity index (χ1n) is 9.26. The van der Waals surface area contributed by atoms with E-state index in [1.54, 1.807) is 35.2 Å². The molecule has 2 aromatic rings. The number of fused-ring (bicyclic) bond motifs is 2. The summed E-state index contributed by atoms with van der Waals surface area (Å²) in [5, 5.41) is 4.16. The highest BCUT2D eigenvalue weighted by atomic mass is 35.5. The van der Waals surface area contributed by atoms with Gasteiger partial charge in [-0.2, -0.15) is 0 Å². The first kappa shape index (κ1) is 20.9. The van der Waals surface area contributed by atoms with Crippen LogP contribution in [0, 0.1) is 5.82 Å². The molecule has 1 amide bonds. The van der Waals surface area contributed by atoms with E-state index in [0.29, 0.717) is 28.4 Å². The van der Waals surface area contributed by atoms with Crippen molar-refractivity contribution in [3.8, 4) is 11.5 Å². The summed E-state index contributed by atoms with van der Waals surface area (Å²) < 4.78 is 20.0. The third kappa shape index (κ3) is 4.43. The number of piperidine rings is 1. The number of nitrogens with one attached hydrogen (secondary N) is 1. The molecule has 2 aromatic carbocycles. The molecule has 2 unspecified atom stereocenters. The van der Waals surface area contributed by atoms with Gasteiger partial charge in [0.25, 0.3) is 5.91 Å². The molecular weight excluding hydrogens is 402 g/mol. The van der Waals surface area contributed by atoms with Gasteiger partial charge >= 0.3 is 0 Å². The predicted octanol–water partition coefficient (Wildman–Crippen LogP) is 5.05. The molecule has 2 fully saturated rings. The molecule has 2 atom stereocenters. The van der Waals surface area contributed by atoms with Crippen molar-refractivity contribution in [2.45, 2.75) is 43.8 Å². The lowest BCUT2D eigenvalue weighted by Gasteiger charge is -2.35. The number of carbonyl (C=O) groups is 1. The van der Waals surface area contributed by atoms with Crippen LogP contribution in [0.4, 0.5) is 4.39 Å². The number of hydrogen-bond donors (Lipinski definition) is 1. The molecule has 0 radical (unpaired) electrons. The minimum atomic E-state index is -0.561. The predicted molar refractivity (Wildman–Crippen MR) is 110 cm³/mol. The normalized spacial score (nSPS) is 23.0. The maximum atomic E-state index is 14.5. The molecule has 150 valence electrons. The van der Waals surface area contributed by atoms with Gasteiger partial charge in [0, 0.05) is 35.8 Å². The van der Waals surface area contributed by atoms with Crippen LogP contribution in [0.5, 0.6) is 11.5 Å². The monoisotopic (exact) mass is 424 g/mol. The summed E-state index contributed by atoms with van der Waals surface area (Å²) in [7, 11) is 1.81. The maximum Gasteiger partial charge on any atom is 0.253 e. The Bertz CT molecular complexity index is 835. The summed E-state index contributed by atoms with van der Waals surface area (Å²) in [6.45, 7) is 0. The van der Waals surface area contributed by atoms with Crippen molar-refractivity contribution in [2.75, 3.05) is 7.05 Å². The van der Waals surface area contributed by atoms with Crippen LogP contribution in [0.1, 0.15) is 36.0 Å². The fourth-order valence-corrected chi connectivity index (χ4v) is 4.19. The second-order valence-electron chi connectivity index (χ2n) is 7.38. The molecule has 4 rings (SSSR count). The van der Waals surface area contributed by atoms with Gasteiger partial charge in [-0.15, -0.1) is 12.4 Å². The average Bonchev–Trinajstić information content (AvgIpc) is 3.01. The number of nitrogens with zero attached hydrogens (tertiary/aromatic N) is 1. The third-order valence-electron chi connectivity index (χ3n) is 5.54. The molecule has 0 spiro atoms. The van der Waals surface area contributed by atoms with Crippen LogP contribution in [0.3, 0.4) is 0 Å². The first-order valence-corrected chi connectivity index (χ1v) is 9.63. The van der Waals surface area contributed by atoms with Crippen LogP contribution in [0.25, 0.3) is 0 Å². The van der Waals surface area contributed by atoms with E-state index in [4.69, 9.17) is 16.3 Å². The maximum absolute atomic E-state index is 14.5. The zero-order valence-corrected chi connectivity index (χ0v) is 17.1. The standard InChI is InChI=1S/C21H22ClFN2O2.ClH/c1-25(17-11-15-5-6-16(12-17)24-15)21(26)13-2-9-20(19(23)10-13)27-18-7-3-14(22)4-8-18;/h2-4,7-10,15-17,24H,5-6,11-12H2,1H3;1H. The topological polar surface area (TPSA) is 41.6 Å². The van der Waals surface area contributed by atoms with Gasteiger partial charge in [0.2, 0.25) is 0 Å². The van der Waals surface area contributed by atoms with E-state index >= 15 is 0 Å². The van der Waals surface area contributed by atoms with Crippen molar-refractivity contribution >= 4 is 29.9 Å². The SMILES string of the molecule is CN(C(=O)c1ccc(Oc2ccc(Cl)cc2)c(F)c1)C1CC2CCC(C1)N2.Cl. The third-order valence-corrected chi connectivity index (χ3v) is 5.79. The second-order valence-corrected chi connectivity index (χ2v) is 7.82. The molecule has 2 heterocycles. The lowest BCUT2D eigenvalue weighted by atomic mass is 9.98. The van der Waals surface area contributed by atoms with E-state index < -0.39 is 5.82 Å². The summed E-state index contributed by atoms with van der Waals surface area (Å²) in [5.41, 5.74) is 0.337. The van der Waals surface area contributed by atoms with E-state index in [-0.39, 0.29) is 30.1 Å². The molecule has 1 N–H and O–H groups in total. The highest BCUT2D eigenvalue weighted by Crippen LogP contribution is 2.31. The van der Waals surface area contributed by atoms with Gasteiger partial charge in [0.15, 0.2) is 11.6 Å². The van der Waals surface area contributed by atoms with Gasteiger partial charge in [-0.1, -0.05) is 11.6 Å². The van der Waals surface area contributed by atoms with Crippen LogP contribution in [-0.2, 0) is 0 Å². The number of hydrogen-bond acceptors (Lipinski definition) is 3. The van der Waals surface area contributed by atoms with Crippen molar-refractivity contribution < 1.29 is 13.9 Å². The van der Waals surface area contributed by atoms with Crippen molar-refractivity contribution in [1.82, 2.24) is 10.2 Å². The number of carbonyl (C=O) groups excluding carboxylic acids is 1. The van der Waals surface area contributed by atoms with E-state index in [0.717, 1.165) is 12.8 Å². The summed E-state index contributed by atoms with van der Waals surface area (Å²) in [4.78, 5) is 14.6. The van der Waals surface area contributed by atoms with E-state index in [1.807, 2.05) is 7.05 Å². The molecule has 4 nitrogen and oxygen atoms in total. The molecule has 2 bridgehead atoms. The van der Waals surface area contributed by atoms with Gasteiger partial charge in [0.1, 0.15) is 5.75 Å². The molecular formula is C21H23Cl2FN2O2. The van der Waals surface area contributed by atoms with Crippen LogP contribution in [0.15, 0.2) is 42.5 Å². The highest BCUT2D eigenvalue weighted by Gasteiger charge is 2.36. The summed E-state index contributed by atoms with van der Waals surface area (Å²) in [5.74, 6) is -0.149. The van der Waals surface area contributed by atoms with Gasteiger partial charge in [-0.25, -0.2) is 4.39 Å². The van der Waals surface area contributed by atoms with Gasteiger partial charge in [-0.05, 0) is 68.1 Å². The van der Waals surface area contributed by atoms with Crippen LogP contribution in [0.2, 0.25) is 5.02 Å². The van der Waals surface area contributed by atoms with Crippen LogP contribution < -0.4 is 10.1 Å². The summed E-state index contributed by atoms with van der Waals surface area (Å²) >= 11 is 5.84. The number of rotatable bonds is 4. The zero-order chi connectivity index (χ0) is 19.0. The number of amides is 1. The zero-order valence-electron chi connectivity index (χ0n) is 15.5. The quantitative estimate of drug-likeness (QED) is 0.746. The number of ether oxygens (including phenoxy) is 1. The Morgan fingerprint density at radius 1 is 1.14 bits per heavy atom. The Morgan fingerprint density at radius 2 is 1.79 bits per heavy atom. The summed E-state index contributed by atoms with van der Waals surface area (Å²) in [6, 6.07) is 12.2. The largest absolute Gasteiger partial charge is 0.454 e. The smallest absolute Gasteiger partial charge is 0.253 e. The Morgan fingerprint density at radius 3 is 2.39 bits per heavy atom. The van der Waals surface area contributed by atoms with Crippen molar-refractivity contribution in [3.63, 3.8) is 0 Å². The molecule has 28 heavy (non-hydrogen) atoms. The van der Waals surface area contributed by atoms with Gasteiger partial charge in [-0.3, -0.25) is 4.79 Å². The second kappa shape index (κ2) is 8.68. The van der Waals surface area contributed by atoms with Crippen molar-refractivity contribution in [2.24, 2.45) is 0 Å². The Labute approximate surface area is 175 Å². The van der Waals surface area contributed by atoms with Crippen LogP contribution >= 0.6 is 24.0 Å². The number of benzene rings is 2. The van der Waals surface area contributed by atoms with Gasteiger partial charge < -0.3 is 15.0 Å². The first-order chi connectivity index (χ1) is 13.0. The van der Waals surface area contributed by atoms with Crippen LogP contribution in [-0.4, -0.2) is 36.0 Å². The average molecular weight is 425 g/mol. The lowest BCUT2D eigenvalue weighted by Crippen LogP contribution is -2.48. The molecule has 0 aliphatic carbocycles. The Balaban J connectivity index is 0.00000225. The fourth-order valence-electron chi connectivity index (χ4n) is 4.06. The minimum Gasteiger partial charge on any atom is -0.454 e. The fraction of sp³-hybridized carbons (Fsp3) is 0.381. The van der Waals surface area contributed by atoms with Crippen molar-refractivity contribution in [1.29, 1.82) is 0 Å². The Kier molecular flexibility index (Phi) is 6.48. The molecule has 2 aliphatic rings. The molecule has 0 saturated carbocycles. The molecule has 2 aliphatic heterocycles.